The average Bonchev–Trinajstić information content (AvgIpc) is 3.27. The first-order chi connectivity index (χ1) is 11.0. The molecule has 0 bridgehead atoms. The molecule has 2 aromatic heterocycles. The van der Waals surface area contributed by atoms with E-state index in [0.717, 1.165) is 39.5 Å². The van der Waals surface area contributed by atoms with Gasteiger partial charge in [-0.15, -0.1) is 11.3 Å². The lowest BCUT2D eigenvalue weighted by Crippen LogP contribution is -2.36. The fourth-order valence-corrected chi connectivity index (χ4v) is 3.71. The number of fused-ring (bicyclic) bond motifs is 1. The molecular weight excluding hydrogens is 312 g/mol. The van der Waals surface area contributed by atoms with E-state index >= 15 is 0 Å². The van der Waals surface area contributed by atoms with Crippen molar-refractivity contribution in [2.75, 3.05) is 5.43 Å². The second-order valence-corrected chi connectivity index (χ2v) is 7.29. The normalized spacial score (nSPS) is 18.0. The van der Waals surface area contributed by atoms with Gasteiger partial charge in [-0.25, -0.2) is 9.97 Å². The molecule has 0 spiro atoms. The Morgan fingerprint density at radius 2 is 1.96 bits per heavy atom. The quantitative estimate of drug-likeness (QED) is 0.877. The van der Waals surface area contributed by atoms with Crippen LogP contribution in [0.1, 0.15) is 41.9 Å². The summed E-state index contributed by atoms with van der Waals surface area (Å²) in [6.07, 6.45) is 3.52. The third kappa shape index (κ3) is 2.23. The zero-order valence-electron chi connectivity index (χ0n) is 13.1. The van der Waals surface area contributed by atoms with Gasteiger partial charge >= 0.3 is 0 Å². The Labute approximate surface area is 137 Å². The number of hydrazine groups is 1. The third-order valence-electron chi connectivity index (χ3n) is 4.31. The lowest BCUT2D eigenvalue weighted by molar-refractivity contribution is -0.135. The van der Waals surface area contributed by atoms with E-state index < -0.39 is 0 Å². The van der Waals surface area contributed by atoms with E-state index in [-0.39, 0.29) is 11.8 Å². The number of rotatable bonds is 3. The van der Waals surface area contributed by atoms with Gasteiger partial charge in [0.05, 0.1) is 5.39 Å². The molecule has 23 heavy (non-hydrogen) atoms. The second kappa shape index (κ2) is 4.86. The molecule has 3 heterocycles. The Kier molecular flexibility index (Phi) is 3.02. The highest BCUT2D eigenvalue weighted by Crippen LogP contribution is 2.41. The first-order valence-electron chi connectivity index (χ1n) is 7.56. The maximum absolute atomic E-state index is 12.1. The molecule has 4 rings (SSSR count). The molecule has 118 valence electrons. The van der Waals surface area contributed by atoms with Crippen LogP contribution >= 0.6 is 11.3 Å². The molecule has 0 radical (unpaired) electrons. The molecular formula is C16H16N4O2S. The second-order valence-electron chi connectivity index (χ2n) is 6.09. The molecule has 0 aromatic carbocycles. The number of hydrogen-bond donors (Lipinski definition) is 1. The van der Waals surface area contributed by atoms with Crippen LogP contribution in [0, 0.1) is 13.8 Å². The standard InChI is InChI=1S/C16H16N4O2S/c1-7-6-11(21)20(16(7)22)19-14-12-8(2)9(3)23-15(12)18-13(17-14)10-4-5-10/h6,10H,4-5H2,1-3H3,(H,17,18,19). The number of amides is 2. The van der Waals surface area contributed by atoms with Crippen LogP contribution in [0.2, 0.25) is 0 Å². The molecule has 1 N–H and O–H groups in total. The predicted molar refractivity (Wildman–Crippen MR) is 88.1 cm³/mol. The molecule has 1 aliphatic heterocycles. The van der Waals surface area contributed by atoms with Crippen LogP contribution in [0.4, 0.5) is 5.82 Å². The van der Waals surface area contributed by atoms with E-state index in [1.807, 2.05) is 13.8 Å². The minimum atomic E-state index is -0.364. The van der Waals surface area contributed by atoms with Crippen LogP contribution < -0.4 is 5.43 Å². The highest BCUT2D eigenvalue weighted by molar-refractivity contribution is 7.18. The van der Waals surface area contributed by atoms with E-state index in [9.17, 15) is 9.59 Å². The number of thiophene rings is 1. The van der Waals surface area contributed by atoms with Gasteiger partial charge in [-0.2, -0.15) is 5.01 Å². The van der Waals surface area contributed by atoms with Crippen molar-refractivity contribution in [3.8, 4) is 0 Å². The van der Waals surface area contributed by atoms with Gasteiger partial charge in [0.2, 0.25) is 0 Å². The molecule has 2 amide bonds. The minimum Gasteiger partial charge on any atom is -0.271 e. The molecule has 1 saturated carbocycles. The van der Waals surface area contributed by atoms with Crippen molar-refractivity contribution in [2.45, 2.75) is 39.5 Å². The minimum absolute atomic E-state index is 0.334. The molecule has 0 unspecified atom stereocenters. The Morgan fingerprint density at radius 1 is 1.22 bits per heavy atom. The fraction of sp³-hybridized carbons (Fsp3) is 0.375. The van der Waals surface area contributed by atoms with Gasteiger partial charge in [-0.1, -0.05) is 0 Å². The summed E-state index contributed by atoms with van der Waals surface area (Å²) in [7, 11) is 0. The van der Waals surface area contributed by atoms with Gasteiger partial charge in [-0.05, 0) is 39.2 Å². The summed E-state index contributed by atoms with van der Waals surface area (Å²) < 4.78 is 0. The van der Waals surface area contributed by atoms with Gasteiger partial charge in [0, 0.05) is 22.4 Å². The highest BCUT2D eigenvalue weighted by atomic mass is 32.1. The van der Waals surface area contributed by atoms with E-state index in [4.69, 9.17) is 0 Å². The van der Waals surface area contributed by atoms with Gasteiger partial charge in [-0.3, -0.25) is 15.0 Å². The van der Waals surface area contributed by atoms with E-state index in [2.05, 4.69) is 15.4 Å². The molecule has 7 heteroatoms. The number of hydrogen-bond acceptors (Lipinski definition) is 6. The fourth-order valence-electron chi connectivity index (χ4n) is 2.67. The van der Waals surface area contributed by atoms with Crippen molar-refractivity contribution in [3.63, 3.8) is 0 Å². The number of carbonyl (C=O) groups is 2. The number of aromatic nitrogens is 2. The first kappa shape index (κ1) is 14.3. The van der Waals surface area contributed by atoms with Gasteiger partial charge in [0.25, 0.3) is 11.8 Å². The molecule has 2 aliphatic rings. The Hall–Kier alpha value is -2.28. The third-order valence-corrected chi connectivity index (χ3v) is 5.41. The van der Waals surface area contributed by atoms with Crippen molar-refractivity contribution in [3.05, 3.63) is 27.9 Å². The topological polar surface area (TPSA) is 75.2 Å². The number of aryl methyl sites for hydroxylation is 2. The number of nitrogens with zero attached hydrogens (tertiary/aromatic N) is 3. The molecule has 2 aromatic rings. The number of anilines is 1. The van der Waals surface area contributed by atoms with Crippen LogP contribution in [-0.4, -0.2) is 26.8 Å². The molecule has 1 aliphatic carbocycles. The summed E-state index contributed by atoms with van der Waals surface area (Å²) in [6.45, 7) is 5.68. The Morgan fingerprint density at radius 3 is 2.57 bits per heavy atom. The monoisotopic (exact) mass is 328 g/mol. The van der Waals surface area contributed by atoms with Crippen molar-refractivity contribution in [1.82, 2.24) is 15.0 Å². The van der Waals surface area contributed by atoms with E-state index in [1.54, 1.807) is 18.3 Å². The summed E-state index contributed by atoms with van der Waals surface area (Å²) >= 11 is 1.62. The van der Waals surface area contributed by atoms with E-state index in [1.165, 1.54) is 11.0 Å². The largest absolute Gasteiger partial charge is 0.275 e. The molecule has 6 nitrogen and oxygen atoms in total. The Balaban J connectivity index is 1.82. The SMILES string of the molecule is CC1=CC(=O)N(Nc2nc(C3CC3)nc3sc(C)c(C)c23)C1=O. The summed E-state index contributed by atoms with van der Waals surface area (Å²) in [5.74, 6) is 1.04. The first-order valence-corrected chi connectivity index (χ1v) is 8.38. The summed E-state index contributed by atoms with van der Waals surface area (Å²) in [5, 5.41) is 1.92. The Bertz CT molecular complexity index is 895. The summed E-state index contributed by atoms with van der Waals surface area (Å²) in [6, 6.07) is 0. The van der Waals surface area contributed by atoms with Crippen LogP contribution in [0.3, 0.4) is 0 Å². The van der Waals surface area contributed by atoms with Crippen molar-refractivity contribution in [2.24, 2.45) is 0 Å². The summed E-state index contributed by atoms with van der Waals surface area (Å²) in [5.41, 5.74) is 4.44. The van der Waals surface area contributed by atoms with Crippen molar-refractivity contribution < 1.29 is 9.59 Å². The zero-order valence-corrected chi connectivity index (χ0v) is 14.0. The highest BCUT2D eigenvalue weighted by Gasteiger charge is 2.32. The van der Waals surface area contributed by atoms with E-state index in [0.29, 0.717) is 17.3 Å². The number of nitrogens with one attached hydrogen (secondary N) is 1. The smallest absolute Gasteiger partial charge is 0.271 e. The maximum atomic E-state index is 12.1. The average molecular weight is 328 g/mol. The molecule has 1 fully saturated rings. The maximum Gasteiger partial charge on any atom is 0.275 e. The predicted octanol–water partition coefficient (Wildman–Crippen LogP) is 2.83. The van der Waals surface area contributed by atoms with Gasteiger partial charge in [0.15, 0.2) is 5.82 Å². The lowest BCUT2D eigenvalue weighted by Gasteiger charge is -2.17. The zero-order chi connectivity index (χ0) is 16.3. The van der Waals surface area contributed by atoms with Crippen molar-refractivity contribution in [1.29, 1.82) is 0 Å². The van der Waals surface area contributed by atoms with Gasteiger partial charge in [0.1, 0.15) is 10.7 Å². The van der Waals surface area contributed by atoms with Crippen LogP contribution in [-0.2, 0) is 9.59 Å². The lowest BCUT2D eigenvalue weighted by atomic mass is 10.2. The molecule has 0 atom stereocenters. The van der Waals surface area contributed by atoms with Crippen LogP contribution in [0.15, 0.2) is 11.6 Å². The van der Waals surface area contributed by atoms with Crippen LogP contribution in [0.5, 0.6) is 0 Å². The number of carbonyl (C=O) groups excluding carboxylic acids is 2. The van der Waals surface area contributed by atoms with Crippen LogP contribution in [0.25, 0.3) is 10.2 Å². The summed E-state index contributed by atoms with van der Waals surface area (Å²) in [4.78, 5) is 35.4. The van der Waals surface area contributed by atoms with Gasteiger partial charge < -0.3 is 0 Å². The van der Waals surface area contributed by atoms with Crippen molar-refractivity contribution >= 4 is 39.2 Å². The number of imide groups is 1. The molecule has 0 saturated heterocycles.